The van der Waals surface area contributed by atoms with E-state index in [4.69, 9.17) is 4.74 Å². The van der Waals surface area contributed by atoms with Crippen molar-refractivity contribution in [1.82, 2.24) is 15.1 Å². The largest absolute Gasteiger partial charge is 0.489 e. The summed E-state index contributed by atoms with van der Waals surface area (Å²) < 4.78 is 21.1. The molecule has 0 aliphatic carbocycles. The molecule has 0 spiro atoms. The molecule has 114 valence electrons. The average molecular weight is 291 g/mol. The lowest BCUT2D eigenvalue weighted by Gasteiger charge is -2.08. The standard InChI is InChI=1S/C16H22FN3O/c1-3-5-18-9-13-6-15(17)8-16(7-13)21-12-14-10-19-20(4-2)11-14/h6-8,10-11,18H,3-5,9,12H2,1-2H3. The number of aryl methyl sites for hydroxylation is 1. The Hall–Kier alpha value is -1.88. The minimum absolute atomic E-state index is 0.273. The molecule has 0 radical (unpaired) electrons. The molecule has 5 heteroatoms. The molecule has 1 aromatic heterocycles. The second-order valence-electron chi connectivity index (χ2n) is 4.96. The first-order valence-corrected chi connectivity index (χ1v) is 7.35. The Morgan fingerprint density at radius 1 is 1.24 bits per heavy atom. The molecule has 2 rings (SSSR count). The molecule has 0 fully saturated rings. The van der Waals surface area contributed by atoms with Crippen molar-refractivity contribution in [2.24, 2.45) is 0 Å². The highest BCUT2D eigenvalue weighted by Gasteiger charge is 2.04. The van der Waals surface area contributed by atoms with Crippen LogP contribution in [0.1, 0.15) is 31.4 Å². The van der Waals surface area contributed by atoms with E-state index in [1.807, 2.05) is 23.9 Å². The Balaban J connectivity index is 1.95. The molecule has 21 heavy (non-hydrogen) atoms. The van der Waals surface area contributed by atoms with Crippen molar-refractivity contribution < 1.29 is 9.13 Å². The molecule has 1 aromatic carbocycles. The Kier molecular flexibility index (Phi) is 5.75. The van der Waals surface area contributed by atoms with Crippen LogP contribution in [0, 0.1) is 5.82 Å². The lowest BCUT2D eigenvalue weighted by Crippen LogP contribution is -2.14. The number of rotatable bonds is 8. The number of ether oxygens (including phenoxy) is 1. The zero-order valence-electron chi connectivity index (χ0n) is 12.6. The number of benzene rings is 1. The monoisotopic (exact) mass is 291 g/mol. The first-order valence-electron chi connectivity index (χ1n) is 7.35. The summed E-state index contributed by atoms with van der Waals surface area (Å²) in [6.07, 6.45) is 4.76. The predicted octanol–water partition coefficient (Wildman–Crippen LogP) is 3.12. The van der Waals surface area contributed by atoms with Gasteiger partial charge in [0.25, 0.3) is 0 Å². The molecular weight excluding hydrogens is 269 g/mol. The number of aromatic nitrogens is 2. The second kappa shape index (κ2) is 7.78. The van der Waals surface area contributed by atoms with Gasteiger partial charge in [-0.2, -0.15) is 5.10 Å². The quantitative estimate of drug-likeness (QED) is 0.760. The predicted molar refractivity (Wildman–Crippen MR) is 80.6 cm³/mol. The van der Waals surface area contributed by atoms with Gasteiger partial charge in [-0.05, 0) is 37.6 Å². The first-order chi connectivity index (χ1) is 10.2. The van der Waals surface area contributed by atoms with Gasteiger partial charge in [0.05, 0.1) is 6.20 Å². The lowest BCUT2D eigenvalue weighted by molar-refractivity contribution is 0.304. The summed E-state index contributed by atoms with van der Waals surface area (Å²) in [6.45, 7) is 6.92. The number of halogens is 1. The molecule has 0 saturated carbocycles. The van der Waals surface area contributed by atoms with Gasteiger partial charge in [0, 0.05) is 30.9 Å². The third kappa shape index (κ3) is 4.86. The van der Waals surface area contributed by atoms with Crippen molar-refractivity contribution in [3.8, 4) is 5.75 Å². The number of hydrogen-bond acceptors (Lipinski definition) is 3. The normalized spacial score (nSPS) is 10.8. The molecule has 2 aromatic rings. The van der Waals surface area contributed by atoms with Crippen LogP contribution in [0.4, 0.5) is 4.39 Å². The molecule has 0 aliphatic heterocycles. The number of nitrogens with zero attached hydrogens (tertiary/aromatic N) is 2. The Morgan fingerprint density at radius 2 is 2.10 bits per heavy atom. The zero-order valence-corrected chi connectivity index (χ0v) is 12.6. The molecule has 0 atom stereocenters. The Morgan fingerprint density at radius 3 is 2.81 bits per heavy atom. The molecule has 0 bridgehead atoms. The highest BCUT2D eigenvalue weighted by molar-refractivity contribution is 5.29. The number of hydrogen-bond donors (Lipinski definition) is 1. The van der Waals surface area contributed by atoms with Gasteiger partial charge < -0.3 is 10.1 Å². The molecule has 4 nitrogen and oxygen atoms in total. The van der Waals surface area contributed by atoms with E-state index in [1.54, 1.807) is 6.20 Å². The minimum atomic E-state index is -0.273. The highest BCUT2D eigenvalue weighted by Crippen LogP contribution is 2.18. The maximum atomic E-state index is 13.6. The highest BCUT2D eigenvalue weighted by atomic mass is 19.1. The number of nitrogens with one attached hydrogen (secondary N) is 1. The zero-order chi connectivity index (χ0) is 15.1. The average Bonchev–Trinajstić information content (AvgIpc) is 2.93. The van der Waals surface area contributed by atoms with Gasteiger partial charge in [0.15, 0.2) is 0 Å². The van der Waals surface area contributed by atoms with Gasteiger partial charge in [-0.25, -0.2) is 4.39 Å². The van der Waals surface area contributed by atoms with Crippen molar-refractivity contribution in [2.75, 3.05) is 6.54 Å². The van der Waals surface area contributed by atoms with E-state index in [2.05, 4.69) is 17.3 Å². The van der Waals surface area contributed by atoms with E-state index >= 15 is 0 Å². The van der Waals surface area contributed by atoms with E-state index in [0.717, 1.165) is 30.6 Å². The van der Waals surface area contributed by atoms with Crippen molar-refractivity contribution in [3.63, 3.8) is 0 Å². The van der Waals surface area contributed by atoms with E-state index in [-0.39, 0.29) is 5.82 Å². The van der Waals surface area contributed by atoms with Crippen LogP contribution in [0.15, 0.2) is 30.6 Å². The minimum Gasteiger partial charge on any atom is -0.489 e. The van der Waals surface area contributed by atoms with Crippen LogP contribution in [0.25, 0.3) is 0 Å². The van der Waals surface area contributed by atoms with Crippen LogP contribution in [0.5, 0.6) is 5.75 Å². The smallest absolute Gasteiger partial charge is 0.127 e. The maximum Gasteiger partial charge on any atom is 0.127 e. The topological polar surface area (TPSA) is 39.1 Å². The fraction of sp³-hybridized carbons (Fsp3) is 0.438. The summed E-state index contributed by atoms with van der Waals surface area (Å²) in [5.41, 5.74) is 1.87. The molecule has 1 N–H and O–H groups in total. The van der Waals surface area contributed by atoms with Gasteiger partial charge in [-0.1, -0.05) is 6.92 Å². The van der Waals surface area contributed by atoms with Gasteiger partial charge in [0.2, 0.25) is 0 Å². The van der Waals surface area contributed by atoms with E-state index < -0.39 is 0 Å². The molecular formula is C16H22FN3O. The van der Waals surface area contributed by atoms with Crippen LogP contribution in [0.2, 0.25) is 0 Å². The molecule has 1 heterocycles. The van der Waals surface area contributed by atoms with Crippen LogP contribution in [-0.4, -0.2) is 16.3 Å². The van der Waals surface area contributed by atoms with Crippen molar-refractivity contribution in [2.45, 2.75) is 40.0 Å². The summed E-state index contributed by atoms with van der Waals surface area (Å²) in [5, 5.41) is 7.44. The van der Waals surface area contributed by atoms with Crippen molar-refractivity contribution in [3.05, 3.63) is 47.5 Å². The lowest BCUT2D eigenvalue weighted by atomic mass is 10.2. The van der Waals surface area contributed by atoms with Gasteiger partial charge in [0.1, 0.15) is 18.2 Å². The van der Waals surface area contributed by atoms with Crippen molar-refractivity contribution >= 4 is 0 Å². The second-order valence-corrected chi connectivity index (χ2v) is 4.96. The van der Waals surface area contributed by atoms with Crippen LogP contribution < -0.4 is 10.1 Å². The molecule has 0 saturated heterocycles. The van der Waals surface area contributed by atoms with Crippen LogP contribution in [0.3, 0.4) is 0 Å². The Labute approximate surface area is 124 Å². The Bertz CT molecular complexity index is 568. The van der Waals surface area contributed by atoms with E-state index in [0.29, 0.717) is 18.9 Å². The molecule has 0 amide bonds. The SMILES string of the molecule is CCCNCc1cc(F)cc(OCc2cnn(CC)c2)c1. The van der Waals surface area contributed by atoms with Crippen LogP contribution >= 0.6 is 0 Å². The molecule has 0 unspecified atom stereocenters. The summed E-state index contributed by atoms with van der Waals surface area (Å²) in [5.74, 6) is 0.276. The summed E-state index contributed by atoms with van der Waals surface area (Å²) in [7, 11) is 0. The summed E-state index contributed by atoms with van der Waals surface area (Å²) >= 11 is 0. The van der Waals surface area contributed by atoms with E-state index in [9.17, 15) is 4.39 Å². The fourth-order valence-corrected chi connectivity index (χ4v) is 2.04. The van der Waals surface area contributed by atoms with Gasteiger partial charge in [-0.15, -0.1) is 0 Å². The summed E-state index contributed by atoms with van der Waals surface area (Å²) in [6, 6.07) is 4.81. The first kappa shape index (κ1) is 15.5. The third-order valence-corrected chi connectivity index (χ3v) is 3.10. The third-order valence-electron chi connectivity index (χ3n) is 3.10. The van der Waals surface area contributed by atoms with E-state index in [1.165, 1.54) is 12.1 Å². The summed E-state index contributed by atoms with van der Waals surface area (Å²) in [4.78, 5) is 0. The van der Waals surface area contributed by atoms with Crippen LogP contribution in [-0.2, 0) is 19.7 Å². The van der Waals surface area contributed by atoms with Gasteiger partial charge in [-0.3, -0.25) is 4.68 Å². The molecule has 0 aliphatic rings. The van der Waals surface area contributed by atoms with Crippen molar-refractivity contribution in [1.29, 1.82) is 0 Å². The van der Waals surface area contributed by atoms with Gasteiger partial charge >= 0.3 is 0 Å². The maximum absolute atomic E-state index is 13.6. The fourth-order valence-electron chi connectivity index (χ4n) is 2.04.